The summed E-state index contributed by atoms with van der Waals surface area (Å²) < 4.78 is 5.55. The number of hydrogen-bond acceptors (Lipinski definition) is 6. The molecule has 1 amide bonds. The van der Waals surface area contributed by atoms with E-state index >= 15 is 0 Å². The van der Waals surface area contributed by atoms with Crippen molar-refractivity contribution < 1.29 is 9.53 Å². The summed E-state index contributed by atoms with van der Waals surface area (Å²) in [4.78, 5) is 27.2. The van der Waals surface area contributed by atoms with Crippen molar-refractivity contribution >= 4 is 17.2 Å². The molecule has 3 rings (SSSR count). The van der Waals surface area contributed by atoms with Crippen LogP contribution in [-0.2, 0) is 11.2 Å². The maximum absolute atomic E-state index is 12.5. The number of carbonyl (C=O) groups is 1. The molecule has 0 bridgehead atoms. The summed E-state index contributed by atoms with van der Waals surface area (Å²) in [7, 11) is 0. The van der Waals surface area contributed by atoms with Crippen molar-refractivity contribution in [1.29, 1.82) is 0 Å². The lowest BCUT2D eigenvalue weighted by Gasteiger charge is -2.35. The van der Waals surface area contributed by atoms with Crippen LogP contribution in [-0.4, -0.2) is 51.6 Å². The quantitative estimate of drug-likeness (QED) is 0.858. The van der Waals surface area contributed by atoms with Crippen LogP contribution in [0.2, 0.25) is 0 Å². The molecular formula is C15H18N4O2S. The van der Waals surface area contributed by atoms with Crippen LogP contribution in [0.4, 0.5) is 0 Å². The third kappa shape index (κ3) is 3.31. The molecule has 0 radical (unpaired) electrons. The number of thiazole rings is 1. The maximum atomic E-state index is 12.5. The van der Waals surface area contributed by atoms with Gasteiger partial charge in [0, 0.05) is 24.3 Å². The van der Waals surface area contributed by atoms with E-state index in [0.29, 0.717) is 25.5 Å². The highest BCUT2D eigenvalue weighted by Crippen LogP contribution is 2.17. The number of rotatable bonds is 4. The molecule has 1 atom stereocenters. The van der Waals surface area contributed by atoms with E-state index in [1.54, 1.807) is 23.3 Å². The summed E-state index contributed by atoms with van der Waals surface area (Å²) in [5, 5.41) is 1.79. The van der Waals surface area contributed by atoms with Crippen molar-refractivity contribution in [3.63, 3.8) is 0 Å². The number of carbonyl (C=O) groups excluding carboxylic acids is 1. The topological polar surface area (TPSA) is 68.2 Å². The van der Waals surface area contributed by atoms with Gasteiger partial charge in [-0.05, 0) is 19.8 Å². The van der Waals surface area contributed by atoms with E-state index in [9.17, 15) is 4.79 Å². The summed E-state index contributed by atoms with van der Waals surface area (Å²) >= 11 is 1.44. The van der Waals surface area contributed by atoms with Crippen LogP contribution in [0.15, 0.2) is 23.3 Å². The van der Waals surface area contributed by atoms with Crippen molar-refractivity contribution in [2.75, 3.05) is 19.8 Å². The molecule has 2 aromatic rings. The van der Waals surface area contributed by atoms with Crippen molar-refractivity contribution in [2.45, 2.75) is 25.8 Å². The van der Waals surface area contributed by atoms with Crippen LogP contribution in [0.3, 0.4) is 0 Å². The Balaban J connectivity index is 1.68. The lowest BCUT2D eigenvalue weighted by molar-refractivity contribution is -0.00440. The molecule has 0 unspecified atom stereocenters. The molecule has 22 heavy (non-hydrogen) atoms. The maximum Gasteiger partial charge on any atom is 0.273 e. The number of aromatic nitrogens is 3. The summed E-state index contributed by atoms with van der Waals surface area (Å²) in [6, 6.07) is 0.0596. The van der Waals surface area contributed by atoms with Gasteiger partial charge in [0.05, 0.1) is 36.2 Å². The zero-order chi connectivity index (χ0) is 15.4. The first-order chi connectivity index (χ1) is 10.8. The van der Waals surface area contributed by atoms with Crippen LogP contribution in [0.5, 0.6) is 0 Å². The van der Waals surface area contributed by atoms with Crippen LogP contribution < -0.4 is 0 Å². The minimum absolute atomic E-state index is 0.00887. The normalized spacial score (nSPS) is 18.4. The summed E-state index contributed by atoms with van der Waals surface area (Å²) in [5.41, 5.74) is 4.13. The molecule has 0 N–H and O–H groups in total. The third-order valence-electron chi connectivity index (χ3n) is 3.84. The fourth-order valence-electron chi connectivity index (χ4n) is 2.61. The summed E-state index contributed by atoms with van der Waals surface area (Å²) in [6.07, 6.45) is 5.00. The Labute approximate surface area is 133 Å². The second-order valence-electron chi connectivity index (χ2n) is 5.23. The fourth-order valence-corrected chi connectivity index (χ4v) is 3.14. The van der Waals surface area contributed by atoms with Gasteiger partial charge >= 0.3 is 0 Å². The van der Waals surface area contributed by atoms with Gasteiger partial charge in [0.15, 0.2) is 0 Å². The Bertz CT molecular complexity index is 632. The second kappa shape index (κ2) is 6.93. The Morgan fingerprint density at radius 2 is 2.27 bits per heavy atom. The highest BCUT2D eigenvalue weighted by atomic mass is 32.1. The van der Waals surface area contributed by atoms with Crippen LogP contribution in [0.25, 0.3) is 0 Å². The van der Waals surface area contributed by atoms with Crippen LogP contribution in [0, 0.1) is 6.92 Å². The number of ether oxygens (including phenoxy) is 1. The van der Waals surface area contributed by atoms with E-state index in [0.717, 1.165) is 24.2 Å². The Morgan fingerprint density at radius 3 is 3.05 bits per heavy atom. The summed E-state index contributed by atoms with van der Waals surface area (Å²) in [6.45, 7) is 3.71. The largest absolute Gasteiger partial charge is 0.377 e. The molecule has 0 aromatic carbocycles. The summed E-state index contributed by atoms with van der Waals surface area (Å²) in [5.74, 6) is -0.00887. The van der Waals surface area contributed by atoms with Crippen molar-refractivity contribution in [2.24, 2.45) is 0 Å². The van der Waals surface area contributed by atoms with E-state index in [4.69, 9.17) is 4.74 Å². The van der Waals surface area contributed by atoms with E-state index in [1.165, 1.54) is 11.3 Å². The Hall–Kier alpha value is -1.86. The Kier molecular flexibility index (Phi) is 4.74. The van der Waals surface area contributed by atoms with E-state index in [2.05, 4.69) is 15.0 Å². The number of morpholine rings is 1. The SMILES string of the molecule is Cc1nccnc1CC[C@H]1COCCN1C(=O)c1cscn1. The molecular weight excluding hydrogens is 300 g/mol. The van der Waals surface area contributed by atoms with E-state index in [-0.39, 0.29) is 11.9 Å². The molecule has 1 saturated heterocycles. The van der Waals surface area contributed by atoms with Crippen molar-refractivity contribution in [3.8, 4) is 0 Å². The average Bonchev–Trinajstić information content (AvgIpc) is 3.08. The predicted octanol–water partition coefficient (Wildman–Crippen LogP) is 1.72. The lowest BCUT2D eigenvalue weighted by atomic mass is 10.1. The van der Waals surface area contributed by atoms with Gasteiger partial charge < -0.3 is 9.64 Å². The minimum atomic E-state index is -0.00887. The average molecular weight is 318 g/mol. The molecule has 3 heterocycles. The van der Waals surface area contributed by atoms with E-state index in [1.807, 2.05) is 11.8 Å². The minimum Gasteiger partial charge on any atom is -0.377 e. The molecule has 7 heteroatoms. The zero-order valence-corrected chi connectivity index (χ0v) is 13.3. The fraction of sp³-hybridized carbons (Fsp3) is 0.467. The first-order valence-electron chi connectivity index (χ1n) is 7.29. The molecule has 116 valence electrons. The standard InChI is InChI=1S/C15H18N4O2S/c1-11-13(17-5-4-16-11)3-2-12-8-21-7-6-19(12)15(20)14-9-22-10-18-14/h4-5,9-10,12H,2-3,6-8H2,1H3/t12-/m0/s1. The van der Waals surface area contributed by atoms with Gasteiger partial charge in [0.2, 0.25) is 0 Å². The first-order valence-corrected chi connectivity index (χ1v) is 8.23. The third-order valence-corrected chi connectivity index (χ3v) is 4.42. The predicted molar refractivity (Wildman–Crippen MR) is 82.8 cm³/mol. The number of hydrogen-bond donors (Lipinski definition) is 0. The number of amides is 1. The lowest BCUT2D eigenvalue weighted by Crippen LogP contribution is -2.49. The smallest absolute Gasteiger partial charge is 0.273 e. The monoisotopic (exact) mass is 318 g/mol. The van der Waals surface area contributed by atoms with Gasteiger partial charge in [-0.15, -0.1) is 11.3 Å². The van der Waals surface area contributed by atoms with Gasteiger partial charge in [-0.3, -0.25) is 14.8 Å². The van der Waals surface area contributed by atoms with E-state index < -0.39 is 0 Å². The highest BCUT2D eigenvalue weighted by molar-refractivity contribution is 7.07. The molecule has 0 aliphatic carbocycles. The van der Waals surface area contributed by atoms with Gasteiger partial charge in [0.25, 0.3) is 5.91 Å². The zero-order valence-electron chi connectivity index (χ0n) is 12.4. The van der Waals surface area contributed by atoms with Gasteiger partial charge in [0.1, 0.15) is 5.69 Å². The van der Waals surface area contributed by atoms with Gasteiger partial charge in [-0.2, -0.15) is 0 Å². The number of nitrogens with zero attached hydrogens (tertiary/aromatic N) is 4. The van der Waals surface area contributed by atoms with Crippen LogP contribution >= 0.6 is 11.3 Å². The molecule has 6 nitrogen and oxygen atoms in total. The molecule has 1 aliphatic heterocycles. The first kappa shape index (κ1) is 15.1. The van der Waals surface area contributed by atoms with Crippen LogP contribution in [0.1, 0.15) is 28.3 Å². The van der Waals surface area contributed by atoms with Gasteiger partial charge in [-0.25, -0.2) is 4.98 Å². The molecule has 2 aromatic heterocycles. The highest BCUT2D eigenvalue weighted by Gasteiger charge is 2.28. The molecule has 1 aliphatic rings. The number of aryl methyl sites for hydroxylation is 2. The Morgan fingerprint density at radius 1 is 1.41 bits per heavy atom. The van der Waals surface area contributed by atoms with Crippen molar-refractivity contribution in [3.05, 3.63) is 40.4 Å². The molecule has 0 saturated carbocycles. The second-order valence-corrected chi connectivity index (χ2v) is 5.95. The molecule has 1 fully saturated rings. The molecule has 0 spiro atoms. The van der Waals surface area contributed by atoms with Crippen molar-refractivity contribution in [1.82, 2.24) is 19.9 Å². The van der Waals surface area contributed by atoms with Gasteiger partial charge in [-0.1, -0.05) is 0 Å².